The summed E-state index contributed by atoms with van der Waals surface area (Å²) >= 11 is 0. The number of fused-ring (bicyclic) bond motifs is 2. The van der Waals surface area contributed by atoms with Gasteiger partial charge in [0.25, 0.3) is 0 Å². The van der Waals surface area contributed by atoms with Crippen LogP contribution >= 0.6 is 15.8 Å². The Morgan fingerprint density at radius 2 is 0.638 bits per heavy atom. The first kappa shape index (κ1) is 29.4. The van der Waals surface area contributed by atoms with E-state index in [1.165, 1.54) is 0 Å². The third-order valence-corrected chi connectivity index (χ3v) is 14.0. The zero-order chi connectivity index (χ0) is 31.7. The summed E-state index contributed by atoms with van der Waals surface area (Å²) in [5.74, 6) is -0.297. The van der Waals surface area contributed by atoms with Crippen LogP contribution in [0.4, 0.5) is 0 Å². The predicted octanol–water partition coefficient (Wildman–Crippen LogP) is 8.02. The van der Waals surface area contributed by atoms with Gasteiger partial charge in [-0.1, -0.05) is 170 Å². The van der Waals surface area contributed by atoms with E-state index in [9.17, 15) is 0 Å². The molecule has 4 heteroatoms. The van der Waals surface area contributed by atoms with Crippen molar-refractivity contribution in [3.8, 4) is 0 Å². The first-order valence-electron chi connectivity index (χ1n) is 15.8. The SMILES string of the molecule is O=C1C(=C2c3ccccc3Cc3ccccc32)C(=O)C(P(c2ccccc2)c2ccccc2)=C1P(c1ccccc1)c1ccccc1. The van der Waals surface area contributed by atoms with Gasteiger partial charge in [0.1, 0.15) is 0 Å². The molecule has 0 amide bonds. The molecule has 47 heavy (non-hydrogen) atoms. The molecular weight excluding hydrogens is 610 g/mol. The molecule has 0 radical (unpaired) electrons. The van der Waals surface area contributed by atoms with Crippen LogP contribution in [0.2, 0.25) is 0 Å². The van der Waals surface area contributed by atoms with E-state index >= 15 is 9.59 Å². The summed E-state index contributed by atoms with van der Waals surface area (Å²) in [6.07, 6.45) is 0.764. The van der Waals surface area contributed by atoms with Crippen molar-refractivity contribution in [2.45, 2.75) is 6.42 Å². The smallest absolute Gasteiger partial charge is 0.199 e. The quantitative estimate of drug-likeness (QED) is 0.105. The normalized spacial score (nSPS) is 14.2. The van der Waals surface area contributed by atoms with E-state index in [-0.39, 0.29) is 11.6 Å². The minimum atomic E-state index is -1.36. The van der Waals surface area contributed by atoms with Crippen molar-refractivity contribution in [3.63, 3.8) is 0 Å². The zero-order valence-corrected chi connectivity index (χ0v) is 27.4. The monoisotopic (exact) mass is 640 g/mol. The number of carbonyl (C=O) groups excluding carboxylic acids is 2. The Hall–Kier alpha value is -5.00. The fraction of sp³-hybridized carbons (Fsp3) is 0.0233. The molecule has 0 N–H and O–H groups in total. The van der Waals surface area contributed by atoms with Gasteiger partial charge in [-0.05, 0) is 65.7 Å². The van der Waals surface area contributed by atoms with Crippen LogP contribution in [-0.4, -0.2) is 11.6 Å². The number of hydrogen-bond acceptors (Lipinski definition) is 2. The fourth-order valence-corrected chi connectivity index (χ4v) is 12.1. The summed E-state index contributed by atoms with van der Waals surface area (Å²) in [6, 6.07) is 57.5. The summed E-state index contributed by atoms with van der Waals surface area (Å²) in [6.45, 7) is 0. The first-order chi connectivity index (χ1) is 23.2. The molecule has 0 heterocycles. The standard InChI is InChI=1S/C43H30O2P2/c44-40-39(38-36-27-15-13-17-30(36)29-31-18-14-16-28-37(31)38)41(45)43(47(34-23-9-3-10-24-34)35-25-11-4-12-26-35)42(40)46(32-19-5-1-6-20-32)33-21-7-2-8-22-33/h1-28H,29H2. The van der Waals surface area contributed by atoms with E-state index in [2.05, 4.69) is 72.8 Å². The second-order valence-corrected chi connectivity index (χ2v) is 15.9. The molecule has 0 fully saturated rings. The van der Waals surface area contributed by atoms with Crippen molar-refractivity contribution in [2.24, 2.45) is 0 Å². The number of rotatable bonds is 6. The maximum Gasteiger partial charge on any atom is 0.199 e. The maximum absolute atomic E-state index is 15.5. The number of ketones is 2. The zero-order valence-electron chi connectivity index (χ0n) is 25.6. The van der Waals surface area contributed by atoms with E-state index < -0.39 is 15.8 Å². The Bertz CT molecular complexity index is 1950. The molecular formula is C43H30O2P2. The van der Waals surface area contributed by atoms with Gasteiger partial charge >= 0.3 is 0 Å². The van der Waals surface area contributed by atoms with Gasteiger partial charge < -0.3 is 0 Å². The van der Waals surface area contributed by atoms with Crippen LogP contribution in [0.25, 0.3) is 5.57 Å². The van der Waals surface area contributed by atoms with Crippen LogP contribution in [0.5, 0.6) is 0 Å². The summed E-state index contributed by atoms with van der Waals surface area (Å²) in [5.41, 5.74) is 5.26. The summed E-state index contributed by atoms with van der Waals surface area (Å²) in [4.78, 5) is 31.0. The minimum Gasteiger partial charge on any atom is -0.288 e. The third-order valence-electron chi connectivity index (χ3n) is 8.82. The minimum absolute atomic E-state index is 0.148. The van der Waals surface area contributed by atoms with Gasteiger partial charge in [-0.25, -0.2) is 0 Å². The number of hydrogen-bond donors (Lipinski definition) is 0. The average Bonchev–Trinajstić information content (AvgIpc) is 3.37. The maximum atomic E-state index is 15.5. The lowest BCUT2D eigenvalue weighted by Gasteiger charge is -2.25. The number of benzene rings is 6. The number of carbonyl (C=O) groups is 2. The molecule has 0 atom stereocenters. The highest BCUT2D eigenvalue weighted by atomic mass is 31.1. The Balaban J connectivity index is 1.48. The molecule has 0 saturated heterocycles. The molecule has 0 spiro atoms. The van der Waals surface area contributed by atoms with Crippen LogP contribution in [-0.2, 0) is 16.0 Å². The molecule has 2 aliphatic carbocycles. The van der Waals surface area contributed by atoms with Crippen molar-refractivity contribution in [3.05, 3.63) is 208 Å². The highest BCUT2D eigenvalue weighted by Gasteiger charge is 2.46. The average molecular weight is 641 g/mol. The summed E-state index contributed by atoms with van der Waals surface area (Å²) in [5, 5.41) is 5.49. The second kappa shape index (κ2) is 12.7. The lowest BCUT2D eigenvalue weighted by atomic mass is 9.79. The molecule has 6 aromatic rings. The van der Waals surface area contributed by atoms with Crippen LogP contribution in [0.15, 0.2) is 186 Å². The first-order valence-corrected chi connectivity index (χ1v) is 18.4. The van der Waals surface area contributed by atoms with E-state index in [1.54, 1.807) is 0 Å². The van der Waals surface area contributed by atoms with Gasteiger partial charge in [-0.3, -0.25) is 9.59 Å². The Morgan fingerprint density at radius 1 is 0.340 bits per heavy atom. The van der Waals surface area contributed by atoms with Crippen molar-refractivity contribution < 1.29 is 9.59 Å². The molecule has 6 aromatic carbocycles. The molecule has 0 bridgehead atoms. The topological polar surface area (TPSA) is 34.1 Å². The highest BCUT2D eigenvalue weighted by Crippen LogP contribution is 2.59. The number of allylic oxidation sites excluding steroid dienone is 3. The Kier molecular flexibility index (Phi) is 7.92. The van der Waals surface area contributed by atoms with Crippen molar-refractivity contribution >= 4 is 54.2 Å². The number of Topliss-reactive ketones (excluding diaryl/α,β-unsaturated/α-hetero) is 2. The van der Waals surface area contributed by atoms with Crippen molar-refractivity contribution in [1.29, 1.82) is 0 Å². The molecule has 0 saturated carbocycles. The summed E-state index contributed by atoms with van der Waals surface area (Å²) < 4.78 is 0. The van der Waals surface area contributed by atoms with Gasteiger partial charge in [-0.15, -0.1) is 0 Å². The molecule has 0 aromatic heterocycles. The molecule has 2 aliphatic rings. The lowest BCUT2D eigenvalue weighted by Crippen LogP contribution is -2.18. The highest BCUT2D eigenvalue weighted by molar-refractivity contribution is 7.82. The van der Waals surface area contributed by atoms with Crippen molar-refractivity contribution in [2.75, 3.05) is 0 Å². The second-order valence-electron chi connectivity index (χ2n) is 11.6. The van der Waals surface area contributed by atoms with Crippen LogP contribution in [0.3, 0.4) is 0 Å². The van der Waals surface area contributed by atoms with E-state index in [1.807, 2.05) is 97.1 Å². The molecule has 0 aliphatic heterocycles. The van der Waals surface area contributed by atoms with Crippen LogP contribution in [0, 0.1) is 0 Å². The van der Waals surface area contributed by atoms with Gasteiger partial charge in [0.2, 0.25) is 0 Å². The van der Waals surface area contributed by atoms with Crippen molar-refractivity contribution in [1.82, 2.24) is 0 Å². The molecule has 0 unspecified atom stereocenters. The van der Waals surface area contributed by atoms with E-state index in [0.29, 0.717) is 16.2 Å². The van der Waals surface area contributed by atoms with Crippen LogP contribution in [0.1, 0.15) is 22.3 Å². The van der Waals surface area contributed by atoms with Gasteiger partial charge in [-0.2, -0.15) is 0 Å². The van der Waals surface area contributed by atoms with Gasteiger partial charge in [0, 0.05) is 16.2 Å². The molecule has 224 valence electrons. The van der Waals surface area contributed by atoms with Gasteiger partial charge in [0.15, 0.2) is 11.6 Å². The lowest BCUT2D eigenvalue weighted by molar-refractivity contribution is -0.115. The third kappa shape index (κ3) is 5.25. The van der Waals surface area contributed by atoms with E-state index in [4.69, 9.17) is 0 Å². The fourth-order valence-electron chi connectivity index (χ4n) is 6.78. The Labute approximate surface area is 277 Å². The molecule has 8 rings (SSSR count). The van der Waals surface area contributed by atoms with Gasteiger partial charge in [0.05, 0.1) is 5.57 Å². The largest absolute Gasteiger partial charge is 0.288 e. The Morgan fingerprint density at radius 3 is 0.979 bits per heavy atom. The van der Waals surface area contributed by atoms with Crippen LogP contribution < -0.4 is 21.2 Å². The predicted molar refractivity (Wildman–Crippen MR) is 197 cm³/mol. The molecule has 2 nitrogen and oxygen atoms in total. The van der Waals surface area contributed by atoms with E-state index in [0.717, 1.165) is 55.5 Å². The summed E-state index contributed by atoms with van der Waals surface area (Å²) in [7, 11) is -2.72.